The minimum Gasteiger partial charge on any atom is -0.490 e. The molecule has 198 valence electrons. The number of rotatable bonds is 10. The highest BCUT2D eigenvalue weighted by molar-refractivity contribution is 9.10. The lowest BCUT2D eigenvalue weighted by molar-refractivity contribution is -0.150. The number of ether oxygens (including phenoxy) is 4. The summed E-state index contributed by atoms with van der Waals surface area (Å²) in [4.78, 5) is 50.0. The average Bonchev–Trinajstić information content (AvgIpc) is 3.44. The molecule has 1 saturated heterocycles. The Labute approximate surface area is 225 Å². The molecule has 1 aliphatic heterocycles. The van der Waals surface area contributed by atoms with Gasteiger partial charge in [-0.3, -0.25) is 9.69 Å². The molecule has 1 fully saturated rings. The third-order valence-electron chi connectivity index (χ3n) is 4.99. The fourth-order valence-electron chi connectivity index (χ4n) is 3.27. The number of benzene rings is 1. The molecule has 1 aromatic carbocycles. The third kappa shape index (κ3) is 6.25. The Bertz CT molecular complexity index is 1260. The Morgan fingerprint density at radius 1 is 1.24 bits per heavy atom. The molecule has 1 aliphatic rings. The predicted molar refractivity (Wildman–Crippen MR) is 134 cm³/mol. The van der Waals surface area contributed by atoms with Gasteiger partial charge in [0, 0.05) is 4.47 Å². The number of urea groups is 1. The van der Waals surface area contributed by atoms with E-state index in [4.69, 9.17) is 30.2 Å². The molecule has 0 spiro atoms. The van der Waals surface area contributed by atoms with Crippen molar-refractivity contribution in [3.05, 3.63) is 50.5 Å². The molecule has 0 radical (unpaired) electrons. The zero-order valence-electron chi connectivity index (χ0n) is 20.4. The minimum absolute atomic E-state index is 0.0301. The summed E-state index contributed by atoms with van der Waals surface area (Å²) in [5.41, 5.74) is 0.374. The van der Waals surface area contributed by atoms with Crippen molar-refractivity contribution in [2.24, 2.45) is 0 Å². The fraction of sp³-hybridized carbons (Fsp3) is 0.333. The smallest absolute Gasteiger partial charge is 0.373 e. The van der Waals surface area contributed by atoms with Gasteiger partial charge in [0.15, 0.2) is 17.6 Å². The summed E-state index contributed by atoms with van der Waals surface area (Å²) >= 11 is 9.91. The second kappa shape index (κ2) is 12.2. The molecule has 0 aliphatic carbocycles. The van der Waals surface area contributed by atoms with Crippen molar-refractivity contribution >= 4 is 57.5 Å². The van der Waals surface area contributed by atoms with E-state index in [0.29, 0.717) is 10.0 Å². The van der Waals surface area contributed by atoms with Gasteiger partial charge in [-0.15, -0.1) is 0 Å². The number of esters is 2. The Morgan fingerprint density at radius 2 is 1.97 bits per heavy atom. The van der Waals surface area contributed by atoms with Gasteiger partial charge in [-0.05, 0) is 66.5 Å². The average molecular weight is 600 g/mol. The number of hydrogen-bond acceptors (Lipinski definition) is 9. The Balaban J connectivity index is 1.88. The number of halogens is 2. The largest absolute Gasteiger partial charge is 0.490 e. The molecule has 13 heteroatoms. The maximum atomic E-state index is 13.0. The topological polar surface area (TPSA) is 134 Å². The Morgan fingerprint density at radius 3 is 2.62 bits per heavy atom. The van der Waals surface area contributed by atoms with Gasteiger partial charge in [-0.25, -0.2) is 14.4 Å². The molecule has 37 heavy (non-hydrogen) atoms. The molecule has 0 saturated carbocycles. The quantitative estimate of drug-likeness (QED) is 0.241. The van der Waals surface area contributed by atoms with Crippen molar-refractivity contribution in [2.75, 3.05) is 20.3 Å². The van der Waals surface area contributed by atoms with Crippen LogP contribution in [0.4, 0.5) is 4.79 Å². The zero-order chi connectivity index (χ0) is 27.3. The summed E-state index contributed by atoms with van der Waals surface area (Å²) < 4.78 is 26.6. The van der Waals surface area contributed by atoms with Crippen molar-refractivity contribution < 1.29 is 42.5 Å². The predicted octanol–water partition coefficient (Wildman–Crippen LogP) is 4.30. The van der Waals surface area contributed by atoms with Crippen LogP contribution in [-0.4, -0.2) is 55.2 Å². The summed E-state index contributed by atoms with van der Waals surface area (Å²) in [6, 6.07) is 3.73. The highest BCUT2D eigenvalue weighted by Crippen LogP contribution is 2.44. The number of nitrogens with one attached hydrogen (secondary N) is 1. The molecule has 11 nitrogen and oxygen atoms in total. The van der Waals surface area contributed by atoms with Crippen LogP contribution in [0.1, 0.15) is 42.6 Å². The number of imide groups is 1. The summed E-state index contributed by atoms with van der Waals surface area (Å²) in [7, 11) is 1.21. The van der Waals surface area contributed by atoms with Crippen LogP contribution in [0.25, 0.3) is 6.08 Å². The Hall–Kier alpha value is -3.51. The van der Waals surface area contributed by atoms with E-state index >= 15 is 0 Å². The molecule has 2 aromatic rings. The molecule has 1 N–H and O–H groups in total. The summed E-state index contributed by atoms with van der Waals surface area (Å²) in [6.07, 6.45) is 0.456. The number of nitrogens with zero attached hydrogens (tertiary/aromatic N) is 1. The first-order chi connectivity index (χ1) is 17.6. The molecule has 1 atom stereocenters. The molecular formula is C24H24BrClN2O9. The van der Waals surface area contributed by atoms with E-state index in [1.54, 1.807) is 19.9 Å². The Kier molecular flexibility index (Phi) is 9.22. The van der Waals surface area contributed by atoms with Gasteiger partial charge >= 0.3 is 18.0 Å². The second-order valence-electron chi connectivity index (χ2n) is 7.50. The van der Waals surface area contributed by atoms with Crippen LogP contribution in [-0.2, 0) is 25.6 Å². The maximum absolute atomic E-state index is 13.0. The number of carbonyl (C=O) groups excluding carboxylic acids is 4. The van der Waals surface area contributed by atoms with Crippen LogP contribution in [0, 0.1) is 0 Å². The van der Waals surface area contributed by atoms with E-state index < -0.39 is 30.0 Å². The summed E-state index contributed by atoms with van der Waals surface area (Å²) in [5, 5.41) is 2.60. The lowest BCUT2D eigenvalue weighted by Crippen LogP contribution is -2.30. The van der Waals surface area contributed by atoms with Gasteiger partial charge in [0.2, 0.25) is 5.76 Å². The van der Waals surface area contributed by atoms with Gasteiger partial charge in [0.25, 0.3) is 5.91 Å². The lowest BCUT2D eigenvalue weighted by Gasteiger charge is -2.19. The standard InChI is InChI=1S/C24H24BrClN2O9/c1-5-34-17-10-13(18(25)19(26)20(17)36-12(3)22(30)35-6-2)9-15-21(29)28(24(32)27-15)11-14-7-8-16(37-14)23(31)33-4/h7-10,12H,5-6,11H2,1-4H3,(H,27,32)/b15-9-/t12-/m0/s1. The molecule has 0 bridgehead atoms. The number of hydrogen-bond donors (Lipinski definition) is 1. The van der Waals surface area contributed by atoms with E-state index in [1.807, 2.05) is 0 Å². The van der Waals surface area contributed by atoms with Gasteiger partial charge in [-0.1, -0.05) is 11.6 Å². The van der Waals surface area contributed by atoms with Crippen molar-refractivity contribution in [2.45, 2.75) is 33.4 Å². The molecule has 3 amide bonds. The molecule has 3 rings (SSSR count). The van der Waals surface area contributed by atoms with Crippen molar-refractivity contribution in [1.29, 1.82) is 0 Å². The van der Waals surface area contributed by atoms with Gasteiger partial charge in [-0.2, -0.15) is 0 Å². The van der Waals surface area contributed by atoms with Gasteiger partial charge in [0.1, 0.15) is 16.5 Å². The number of amides is 3. The van der Waals surface area contributed by atoms with Crippen LogP contribution in [0.2, 0.25) is 5.02 Å². The first kappa shape index (κ1) is 28.1. The van der Waals surface area contributed by atoms with E-state index in [-0.39, 0.29) is 53.5 Å². The SMILES string of the molecule is CCOC(=O)[C@H](C)Oc1c(OCC)cc(/C=C2\NC(=O)N(Cc3ccc(C(=O)OC)o3)C2=O)c(Br)c1Cl. The van der Waals surface area contributed by atoms with Crippen molar-refractivity contribution in [3.63, 3.8) is 0 Å². The van der Waals surface area contributed by atoms with Gasteiger partial charge < -0.3 is 28.7 Å². The summed E-state index contributed by atoms with van der Waals surface area (Å²) in [6.45, 7) is 5.20. The van der Waals surface area contributed by atoms with Crippen molar-refractivity contribution in [1.82, 2.24) is 10.2 Å². The molecular weight excluding hydrogens is 576 g/mol. The van der Waals surface area contributed by atoms with Crippen LogP contribution >= 0.6 is 27.5 Å². The van der Waals surface area contributed by atoms with E-state index in [1.165, 1.54) is 32.2 Å². The molecule has 1 aromatic heterocycles. The fourth-order valence-corrected chi connectivity index (χ4v) is 3.92. The zero-order valence-corrected chi connectivity index (χ0v) is 22.7. The van der Waals surface area contributed by atoms with Crippen LogP contribution < -0.4 is 14.8 Å². The molecule has 2 heterocycles. The number of carbonyl (C=O) groups is 4. The van der Waals surface area contributed by atoms with E-state index in [9.17, 15) is 19.2 Å². The highest BCUT2D eigenvalue weighted by Gasteiger charge is 2.35. The maximum Gasteiger partial charge on any atom is 0.373 e. The van der Waals surface area contributed by atoms with Crippen LogP contribution in [0.5, 0.6) is 11.5 Å². The second-order valence-corrected chi connectivity index (χ2v) is 8.67. The minimum atomic E-state index is -0.960. The molecule has 0 unspecified atom stereocenters. The number of furan rings is 1. The van der Waals surface area contributed by atoms with Crippen LogP contribution in [0.15, 0.2) is 32.8 Å². The third-order valence-corrected chi connectivity index (χ3v) is 6.44. The first-order valence-corrected chi connectivity index (χ1v) is 12.3. The monoisotopic (exact) mass is 598 g/mol. The summed E-state index contributed by atoms with van der Waals surface area (Å²) in [5.74, 6) is -1.39. The first-order valence-electron chi connectivity index (χ1n) is 11.1. The van der Waals surface area contributed by atoms with E-state index in [2.05, 4.69) is 26.0 Å². The van der Waals surface area contributed by atoms with E-state index in [0.717, 1.165) is 4.90 Å². The van der Waals surface area contributed by atoms with Crippen molar-refractivity contribution in [3.8, 4) is 11.5 Å². The van der Waals surface area contributed by atoms with Crippen LogP contribution in [0.3, 0.4) is 0 Å². The lowest BCUT2D eigenvalue weighted by atomic mass is 10.1. The normalized spacial score (nSPS) is 15.0. The van der Waals surface area contributed by atoms with Gasteiger partial charge in [0.05, 0.1) is 26.9 Å². The highest BCUT2D eigenvalue weighted by atomic mass is 79.9. The number of methoxy groups -OCH3 is 1.